The third-order valence-corrected chi connectivity index (χ3v) is 2.78. The number of aromatic nitrogens is 2. The van der Waals surface area contributed by atoms with E-state index in [1.165, 1.54) is 12.8 Å². The van der Waals surface area contributed by atoms with Crippen molar-refractivity contribution in [2.45, 2.75) is 32.3 Å². The summed E-state index contributed by atoms with van der Waals surface area (Å²) in [5, 5.41) is 3.26. The highest BCUT2D eigenvalue weighted by Gasteiger charge is 2.14. The molecule has 6 heteroatoms. The third-order valence-electron chi connectivity index (χ3n) is 2.78. The lowest BCUT2D eigenvalue weighted by atomic mass is 10.2. The summed E-state index contributed by atoms with van der Waals surface area (Å²) in [5.41, 5.74) is 2.52. The van der Waals surface area contributed by atoms with Crippen LogP contribution in [0.1, 0.15) is 25.1 Å². The maximum atomic E-state index is 5.55. The van der Waals surface area contributed by atoms with Crippen LogP contribution in [0.25, 0.3) is 0 Å². The minimum absolute atomic E-state index is 0.400. The molecule has 0 bridgehead atoms. The predicted molar refractivity (Wildman–Crippen MR) is 66.7 cm³/mol. The highest BCUT2D eigenvalue weighted by Crippen LogP contribution is 2.16. The zero-order chi connectivity index (χ0) is 12.1. The quantitative estimate of drug-likeness (QED) is 0.524. The molecule has 0 aliphatic carbocycles. The number of ether oxygens (including phenoxy) is 1. The zero-order valence-electron chi connectivity index (χ0n) is 10.1. The summed E-state index contributed by atoms with van der Waals surface area (Å²) in [6.07, 6.45) is 3.75. The molecule has 1 atom stereocenters. The summed E-state index contributed by atoms with van der Waals surface area (Å²) < 4.78 is 5.55. The number of anilines is 2. The highest BCUT2D eigenvalue weighted by atomic mass is 16.5. The molecular formula is C11H19N5O. The largest absolute Gasteiger partial charge is 0.378 e. The molecule has 1 saturated heterocycles. The normalized spacial score (nSPS) is 19.3. The van der Waals surface area contributed by atoms with E-state index >= 15 is 0 Å². The molecule has 4 N–H and O–H groups in total. The van der Waals surface area contributed by atoms with Gasteiger partial charge in [0.2, 0.25) is 0 Å². The number of rotatable bonds is 5. The van der Waals surface area contributed by atoms with Gasteiger partial charge in [-0.25, -0.2) is 15.8 Å². The lowest BCUT2D eigenvalue weighted by Gasteiger charge is -2.11. The van der Waals surface area contributed by atoms with E-state index in [0.717, 1.165) is 25.4 Å². The van der Waals surface area contributed by atoms with Crippen molar-refractivity contribution in [2.75, 3.05) is 23.9 Å². The van der Waals surface area contributed by atoms with Crippen LogP contribution in [0.4, 0.5) is 11.6 Å². The number of nitrogen functional groups attached to an aromatic ring is 1. The predicted octanol–water partition coefficient (Wildman–Crippen LogP) is 1.05. The Morgan fingerprint density at radius 2 is 2.29 bits per heavy atom. The van der Waals surface area contributed by atoms with Crippen LogP contribution in [-0.4, -0.2) is 29.2 Å². The van der Waals surface area contributed by atoms with Crippen LogP contribution in [-0.2, 0) is 4.74 Å². The first-order chi connectivity index (χ1) is 8.28. The number of nitrogens with two attached hydrogens (primary N) is 1. The van der Waals surface area contributed by atoms with E-state index in [-0.39, 0.29) is 0 Å². The first-order valence-electron chi connectivity index (χ1n) is 5.95. The van der Waals surface area contributed by atoms with Crippen molar-refractivity contribution >= 4 is 11.6 Å². The fourth-order valence-electron chi connectivity index (χ4n) is 1.97. The molecule has 2 rings (SSSR count). The van der Waals surface area contributed by atoms with Gasteiger partial charge in [-0.05, 0) is 26.2 Å². The van der Waals surface area contributed by atoms with Gasteiger partial charge in [0.1, 0.15) is 17.5 Å². The minimum atomic E-state index is 0.400. The maximum absolute atomic E-state index is 5.55. The van der Waals surface area contributed by atoms with Gasteiger partial charge in [0.15, 0.2) is 0 Å². The Morgan fingerprint density at radius 3 is 3.00 bits per heavy atom. The van der Waals surface area contributed by atoms with Gasteiger partial charge in [-0.1, -0.05) is 0 Å². The molecule has 1 aliphatic heterocycles. The van der Waals surface area contributed by atoms with Gasteiger partial charge in [0.25, 0.3) is 0 Å². The average molecular weight is 237 g/mol. The van der Waals surface area contributed by atoms with Gasteiger partial charge >= 0.3 is 0 Å². The van der Waals surface area contributed by atoms with E-state index in [9.17, 15) is 0 Å². The zero-order valence-corrected chi connectivity index (χ0v) is 10.1. The number of nitrogens with zero attached hydrogens (tertiary/aromatic N) is 2. The van der Waals surface area contributed by atoms with E-state index in [1.54, 1.807) is 6.07 Å². The van der Waals surface area contributed by atoms with Crippen LogP contribution < -0.4 is 16.6 Å². The SMILES string of the molecule is Cc1nc(NN)cc(NCCC2CCCO2)n1. The molecule has 0 amide bonds. The molecule has 0 radical (unpaired) electrons. The molecule has 2 heterocycles. The van der Waals surface area contributed by atoms with Gasteiger partial charge in [-0.15, -0.1) is 0 Å². The lowest BCUT2D eigenvalue weighted by Crippen LogP contribution is -2.15. The topological polar surface area (TPSA) is 85.1 Å². The second-order valence-corrected chi connectivity index (χ2v) is 4.18. The first-order valence-corrected chi connectivity index (χ1v) is 5.95. The Balaban J connectivity index is 1.83. The van der Waals surface area contributed by atoms with Crippen LogP contribution in [0.15, 0.2) is 6.07 Å². The average Bonchev–Trinajstić information content (AvgIpc) is 2.81. The van der Waals surface area contributed by atoms with Crippen molar-refractivity contribution in [3.8, 4) is 0 Å². The van der Waals surface area contributed by atoms with Gasteiger partial charge < -0.3 is 15.5 Å². The first kappa shape index (κ1) is 12.1. The second-order valence-electron chi connectivity index (χ2n) is 4.18. The van der Waals surface area contributed by atoms with Crippen molar-refractivity contribution in [1.29, 1.82) is 0 Å². The standard InChI is InChI=1S/C11H19N5O/c1-8-14-10(7-11(15-8)16-12)13-5-4-9-3-2-6-17-9/h7,9H,2-6,12H2,1H3,(H2,13,14,15,16). The summed E-state index contributed by atoms with van der Waals surface area (Å²) in [6, 6.07) is 1.79. The number of hydrazine groups is 1. The van der Waals surface area contributed by atoms with Gasteiger partial charge in [-0.2, -0.15) is 0 Å². The molecule has 6 nitrogen and oxygen atoms in total. The van der Waals surface area contributed by atoms with E-state index < -0.39 is 0 Å². The molecule has 1 aromatic heterocycles. The fraction of sp³-hybridized carbons (Fsp3) is 0.636. The van der Waals surface area contributed by atoms with Crippen LogP contribution in [0.5, 0.6) is 0 Å². The molecule has 1 unspecified atom stereocenters. The van der Waals surface area contributed by atoms with Crippen LogP contribution in [0.3, 0.4) is 0 Å². The van der Waals surface area contributed by atoms with Crippen molar-refractivity contribution in [3.05, 3.63) is 11.9 Å². The minimum Gasteiger partial charge on any atom is -0.378 e. The van der Waals surface area contributed by atoms with Crippen LogP contribution in [0, 0.1) is 6.92 Å². The molecule has 0 saturated carbocycles. The molecular weight excluding hydrogens is 218 g/mol. The monoisotopic (exact) mass is 237 g/mol. The smallest absolute Gasteiger partial charge is 0.145 e. The van der Waals surface area contributed by atoms with Crippen LogP contribution >= 0.6 is 0 Å². The number of nitrogens with one attached hydrogen (secondary N) is 2. The molecule has 94 valence electrons. The Bertz CT molecular complexity index is 365. The maximum Gasteiger partial charge on any atom is 0.145 e. The van der Waals surface area contributed by atoms with Gasteiger partial charge in [0, 0.05) is 19.2 Å². The number of hydrogen-bond donors (Lipinski definition) is 3. The molecule has 1 fully saturated rings. The molecule has 1 aromatic rings. The molecule has 1 aliphatic rings. The Morgan fingerprint density at radius 1 is 1.47 bits per heavy atom. The third kappa shape index (κ3) is 3.54. The second kappa shape index (κ2) is 5.79. The van der Waals surface area contributed by atoms with Crippen molar-refractivity contribution < 1.29 is 4.74 Å². The van der Waals surface area contributed by atoms with E-state index in [2.05, 4.69) is 20.7 Å². The molecule has 0 aromatic carbocycles. The van der Waals surface area contributed by atoms with Crippen LogP contribution in [0.2, 0.25) is 0 Å². The summed E-state index contributed by atoms with van der Waals surface area (Å²) in [4.78, 5) is 8.41. The summed E-state index contributed by atoms with van der Waals surface area (Å²) in [6.45, 7) is 3.59. The van der Waals surface area contributed by atoms with E-state index in [0.29, 0.717) is 17.7 Å². The lowest BCUT2D eigenvalue weighted by molar-refractivity contribution is 0.107. The summed E-state index contributed by atoms with van der Waals surface area (Å²) in [7, 11) is 0. The van der Waals surface area contributed by atoms with Crippen molar-refractivity contribution in [2.24, 2.45) is 5.84 Å². The Kier molecular flexibility index (Phi) is 4.11. The van der Waals surface area contributed by atoms with E-state index in [1.807, 2.05) is 6.92 Å². The molecule has 17 heavy (non-hydrogen) atoms. The Hall–Kier alpha value is -1.40. The van der Waals surface area contributed by atoms with Crippen molar-refractivity contribution in [1.82, 2.24) is 9.97 Å². The van der Waals surface area contributed by atoms with Crippen molar-refractivity contribution in [3.63, 3.8) is 0 Å². The van der Waals surface area contributed by atoms with Gasteiger partial charge in [-0.3, -0.25) is 0 Å². The number of hydrogen-bond acceptors (Lipinski definition) is 6. The fourth-order valence-corrected chi connectivity index (χ4v) is 1.97. The summed E-state index contributed by atoms with van der Waals surface area (Å²) >= 11 is 0. The molecule has 0 spiro atoms. The summed E-state index contributed by atoms with van der Waals surface area (Å²) in [5.74, 6) is 7.44. The Labute approximate surface area is 101 Å². The number of aryl methyl sites for hydroxylation is 1. The highest BCUT2D eigenvalue weighted by molar-refractivity contribution is 5.46. The van der Waals surface area contributed by atoms with E-state index in [4.69, 9.17) is 10.6 Å². The van der Waals surface area contributed by atoms with Gasteiger partial charge in [0.05, 0.1) is 6.10 Å².